The molecule has 0 bridgehead atoms. The van der Waals surface area contributed by atoms with Crippen LogP contribution in [0.4, 0.5) is 17.3 Å². The predicted octanol–water partition coefficient (Wildman–Crippen LogP) is 8.41. The highest BCUT2D eigenvalue weighted by Crippen LogP contribution is 2.39. The van der Waals surface area contributed by atoms with Crippen molar-refractivity contribution in [3.05, 3.63) is 102 Å². The van der Waals surface area contributed by atoms with Crippen molar-refractivity contribution in [2.24, 2.45) is 0 Å². The third kappa shape index (κ3) is 3.96. The van der Waals surface area contributed by atoms with Crippen LogP contribution in [-0.4, -0.2) is 7.25 Å². The van der Waals surface area contributed by atoms with Crippen LogP contribution in [0.1, 0.15) is 11.1 Å². The zero-order valence-electron chi connectivity index (χ0n) is 16.9. The van der Waals surface area contributed by atoms with Crippen molar-refractivity contribution < 1.29 is 21.7 Å². The fourth-order valence-corrected chi connectivity index (χ4v) is 4.30. The van der Waals surface area contributed by atoms with Crippen LogP contribution >= 0.6 is 0 Å². The van der Waals surface area contributed by atoms with E-state index in [1.807, 2.05) is 0 Å². The van der Waals surface area contributed by atoms with Gasteiger partial charge in [-0.05, 0) is 63.7 Å². The zero-order valence-corrected chi connectivity index (χ0v) is 16.9. The van der Waals surface area contributed by atoms with Crippen LogP contribution in [0.15, 0.2) is 95.4 Å². The molecule has 5 aromatic rings. The SMILES string of the molecule is F[B-](F)(F)F.c1ccc2c(c1)Cc1cc(-c3ccc4c(ccc5ccccc54)[o+]3)ccc1-2. The molecule has 0 amide bonds. The second-order valence-corrected chi connectivity index (χ2v) is 7.70. The van der Waals surface area contributed by atoms with Gasteiger partial charge in [0.25, 0.3) is 0 Å². The van der Waals surface area contributed by atoms with Crippen molar-refractivity contribution in [1.29, 1.82) is 0 Å². The van der Waals surface area contributed by atoms with E-state index in [0.717, 1.165) is 28.7 Å². The monoisotopic (exact) mass is 432 g/mol. The summed E-state index contributed by atoms with van der Waals surface area (Å²) in [5, 5.41) is 3.63. The number of fused-ring (bicyclic) bond motifs is 6. The molecule has 1 nitrogen and oxygen atoms in total. The largest absolute Gasteiger partial charge is 0.673 e. The molecule has 6 rings (SSSR count). The van der Waals surface area contributed by atoms with Crippen molar-refractivity contribution in [2.75, 3.05) is 0 Å². The summed E-state index contributed by atoms with van der Waals surface area (Å²) in [5.41, 5.74) is 7.56. The van der Waals surface area contributed by atoms with Gasteiger partial charge in [0.15, 0.2) is 0 Å². The van der Waals surface area contributed by atoms with E-state index in [1.165, 1.54) is 33.0 Å². The Morgan fingerprint density at radius 2 is 1.34 bits per heavy atom. The molecule has 0 radical (unpaired) electrons. The Labute approximate surface area is 182 Å². The van der Waals surface area contributed by atoms with Gasteiger partial charge >= 0.3 is 18.6 Å². The highest BCUT2D eigenvalue weighted by Gasteiger charge is 2.22. The van der Waals surface area contributed by atoms with E-state index in [1.54, 1.807) is 0 Å². The molecule has 0 saturated heterocycles. The molecular weight excluding hydrogens is 415 g/mol. The Bertz CT molecular complexity index is 1450. The van der Waals surface area contributed by atoms with Crippen molar-refractivity contribution in [3.8, 4) is 22.5 Å². The molecule has 0 atom stereocenters. The second-order valence-electron chi connectivity index (χ2n) is 7.70. The smallest absolute Gasteiger partial charge is 0.418 e. The highest BCUT2D eigenvalue weighted by molar-refractivity contribution is 6.50. The summed E-state index contributed by atoms with van der Waals surface area (Å²) in [7, 11) is -6.00. The van der Waals surface area contributed by atoms with Gasteiger partial charge in [0, 0.05) is 12.1 Å². The molecule has 6 heteroatoms. The van der Waals surface area contributed by atoms with Crippen molar-refractivity contribution in [1.82, 2.24) is 0 Å². The van der Waals surface area contributed by atoms with E-state index in [4.69, 9.17) is 4.42 Å². The van der Waals surface area contributed by atoms with Gasteiger partial charge in [-0.1, -0.05) is 54.6 Å². The summed E-state index contributed by atoms with van der Waals surface area (Å²) < 4.78 is 45.3. The summed E-state index contributed by atoms with van der Waals surface area (Å²) in [6, 6.07) is 32.3. The lowest BCUT2D eigenvalue weighted by Crippen LogP contribution is -2.02. The van der Waals surface area contributed by atoms with E-state index in [-0.39, 0.29) is 0 Å². The molecule has 1 aliphatic carbocycles. The van der Waals surface area contributed by atoms with E-state index >= 15 is 0 Å². The summed E-state index contributed by atoms with van der Waals surface area (Å²) in [6.45, 7) is 0. The number of benzene rings is 4. The molecule has 158 valence electrons. The first-order valence-electron chi connectivity index (χ1n) is 10.2. The minimum atomic E-state index is -6.00. The number of halogens is 4. The third-order valence-corrected chi connectivity index (χ3v) is 5.63. The van der Waals surface area contributed by atoms with Gasteiger partial charge in [0.05, 0.1) is 10.9 Å². The molecule has 0 aliphatic heterocycles. The van der Waals surface area contributed by atoms with Gasteiger partial charge in [-0.2, -0.15) is 0 Å². The van der Waals surface area contributed by atoms with Crippen LogP contribution in [0.2, 0.25) is 0 Å². The average Bonchev–Trinajstić information content (AvgIpc) is 3.15. The van der Waals surface area contributed by atoms with Crippen LogP contribution in [0.3, 0.4) is 0 Å². The lowest BCUT2D eigenvalue weighted by Gasteiger charge is -2.02. The molecule has 0 N–H and O–H groups in total. The Balaban J connectivity index is 0.000000393. The summed E-state index contributed by atoms with van der Waals surface area (Å²) in [5.74, 6) is 0.913. The number of rotatable bonds is 1. The highest BCUT2D eigenvalue weighted by atomic mass is 19.5. The molecule has 4 aromatic carbocycles. The predicted molar refractivity (Wildman–Crippen MR) is 122 cm³/mol. The maximum absolute atomic E-state index is 9.75. The fraction of sp³-hybridized carbons (Fsp3) is 0.0385. The second kappa shape index (κ2) is 7.79. The van der Waals surface area contributed by atoms with Gasteiger partial charge in [-0.25, -0.2) is 4.42 Å². The van der Waals surface area contributed by atoms with Crippen molar-refractivity contribution >= 4 is 29.0 Å². The summed E-state index contributed by atoms with van der Waals surface area (Å²) in [6.07, 6.45) is 0.998. The minimum absolute atomic E-state index is 0.913. The van der Waals surface area contributed by atoms with Gasteiger partial charge in [0.2, 0.25) is 0 Å². The van der Waals surface area contributed by atoms with Crippen LogP contribution in [0, 0.1) is 0 Å². The third-order valence-electron chi connectivity index (χ3n) is 5.63. The van der Waals surface area contributed by atoms with E-state index in [0.29, 0.717) is 0 Å². The van der Waals surface area contributed by atoms with Crippen LogP contribution in [0.5, 0.6) is 0 Å². The van der Waals surface area contributed by atoms with E-state index < -0.39 is 7.25 Å². The molecular formula is C26H17BF4O. The molecule has 0 saturated carbocycles. The van der Waals surface area contributed by atoms with Gasteiger partial charge in [-0.3, -0.25) is 0 Å². The van der Waals surface area contributed by atoms with E-state index in [2.05, 4.69) is 91.0 Å². The van der Waals surface area contributed by atoms with Crippen LogP contribution in [0.25, 0.3) is 44.2 Å². The quantitative estimate of drug-likeness (QED) is 0.110. The molecule has 1 aliphatic rings. The fourth-order valence-electron chi connectivity index (χ4n) is 4.30. The summed E-state index contributed by atoms with van der Waals surface area (Å²) >= 11 is 0. The summed E-state index contributed by atoms with van der Waals surface area (Å²) in [4.78, 5) is 0. The van der Waals surface area contributed by atoms with Gasteiger partial charge < -0.3 is 17.3 Å². The Hall–Kier alpha value is -3.67. The Kier molecular flexibility index (Phi) is 4.93. The molecule has 0 unspecified atom stereocenters. The van der Waals surface area contributed by atoms with E-state index in [9.17, 15) is 17.3 Å². The standard InChI is InChI=1S/C26H17O.BF4/c1-3-7-21-17(5-1)10-13-26-24(21)12-14-25(27-26)19-9-11-23-20(16-19)15-18-6-2-4-8-22(18)23;2-1(3,4)5/h1-14,16H,15H2;/q+1;-1. The lowest BCUT2D eigenvalue weighted by atomic mass is 10.0. The average molecular weight is 432 g/mol. The zero-order chi connectivity index (χ0) is 22.3. The van der Waals surface area contributed by atoms with Gasteiger partial charge in [0.1, 0.15) is 0 Å². The van der Waals surface area contributed by atoms with Crippen molar-refractivity contribution in [2.45, 2.75) is 6.42 Å². The molecule has 0 spiro atoms. The minimum Gasteiger partial charge on any atom is -0.418 e. The number of hydrogen-bond acceptors (Lipinski definition) is 0. The first-order chi connectivity index (χ1) is 15.4. The van der Waals surface area contributed by atoms with Crippen LogP contribution in [-0.2, 0) is 6.42 Å². The molecule has 1 aromatic heterocycles. The molecule has 0 fully saturated rings. The first-order valence-corrected chi connectivity index (χ1v) is 10.2. The maximum Gasteiger partial charge on any atom is 0.673 e. The maximum atomic E-state index is 9.75. The van der Waals surface area contributed by atoms with Gasteiger partial charge in [-0.15, -0.1) is 0 Å². The first kappa shape index (κ1) is 20.2. The number of hydrogen-bond donors (Lipinski definition) is 0. The Morgan fingerprint density at radius 3 is 2.19 bits per heavy atom. The molecule has 32 heavy (non-hydrogen) atoms. The molecule has 1 heterocycles. The Morgan fingerprint density at radius 1 is 0.625 bits per heavy atom. The topological polar surface area (TPSA) is 11.3 Å². The lowest BCUT2D eigenvalue weighted by molar-refractivity contribution is 0.368. The van der Waals surface area contributed by atoms with Crippen molar-refractivity contribution in [3.63, 3.8) is 0 Å². The van der Waals surface area contributed by atoms with Crippen LogP contribution < -0.4 is 0 Å². The normalized spacial score (nSPS) is 12.2.